The number of amides is 2. The van der Waals surface area contributed by atoms with Crippen molar-refractivity contribution in [2.24, 2.45) is 5.92 Å². The zero-order chi connectivity index (χ0) is 17.8. The molecule has 2 atom stereocenters. The Morgan fingerprint density at radius 3 is 2.52 bits per heavy atom. The van der Waals surface area contributed by atoms with E-state index in [2.05, 4.69) is 5.32 Å². The molecule has 1 aromatic carbocycles. The molecule has 1 saturated carbocycles. The van der Waals surface area contributed by atoms with Gasteiger partial charge in [-0.05, 0) is 18.4 Å². The summed E-state index contributed by atoms with van der Waals surface area (Å²) in [5.74, 6) is -1.83. The molecule has 0 aromatic heterocycles. The number of likely N-dealkylation sites (tertiary alicyclic amines) is 1. The first kappa shape index (κ1) is 17.5. The molecule has 6 heteroatoms. The van der Waals surface area contributed by atoms with Crippen molar-refractivity contribution >= 4 is 17.8 Å². The quantitative estimate of drug-likeness (QED) is 0.820. The van der Waals surface area contributed by atoms with Crippen molar-refractivity contribution in [3.8, 4) is 0 Å². The van der Waals surface area contributed by atoms with Crippen molar-refractivity contribution in [2.75, 3.05) is 6.54 Å². The molecule has 2 N–H and O–H groups in total. The fraction of sp³-hybridized carbons (Fsp3) is 0.526. The third-order valence-electron chi connectivity index (χ3n) is 5.19. The minimum absolute atomic E-state index is 0.0157. The molecule has 1 aromatic rings. The van der Waals surface area contributed by atoms with Gasteiger partial charge in [-0.1, -0.05) is 43.2 Å². The fourth-order valence-corrected chi connectivity index (χ4v) is 3.82. The highest BCUT2D eigenvalue weighted by Crippen LogP contribution is 2.29. The van der Waals surface area contributed by atoms with Gasteiger partial charge in [0.25, 0.3) is 0 Å². The lowest BCUT2D eigenvalue weighted by molar-refractivity contribution is -0.142. The maximum absolute atomic E-state index is 12.5. The molecule has 0 bridgehead atoms. The average molecular weight is 344 g/mol. The number of carboxylic acids is 1. The van der Waals surface area contributed by atoms with Gasteiger partial charge in [-0.2, -0.15) is 0 Å². The number of hydrogen-bond acceptors (Lipinski definition) is 3. The second-order valence-electron chi connectivity index (χ2n) is 6.97. The molecule has 6 nitrogen and oxygen atoms in total. The summed E-state index contributed by atoms with van der Waals surface area (Å²) in [4.78, 5) is 38.0. The summed E-state index contributed by atoms with van der Waals surface area (Å²) >= 11 is 0. The van der Waals surface area contributed by atoms with Gasteiger partial charge in [0, 0.05) is 25.4 Å². The fourth-order valence-electron chi connectivity index (χ4n) is 3.82. The maximum atomic E-state index is 12.5. The van der Waals surface area contributed by atoms with E-state index in [4.69, 9.17) is 0 Å². The van der Waals surface area contributed by atoms with Crippen LogP contribution >= 0.6 is 0 Å². The zero-order valence-electron chi connectivity index (χ0n) is 14.2. The Labute approximate surface area is 147 Å². The topological polar surface area (TPSA) is 86.7 Å². The first-order valence-electron chi connectivity index (χ1n) is 8.91. The van der Waals surface area contributed by atoms with Crippen LogP contribution in [0.15, 0.2) is 30.3 Å². The minimum Gasteiger partial charge on any atom is -0.480 e. The first-order valence-corrected chi connectivity index (χ1v) is 8.91. The molecule has 134 valence electrons. The van der Waals surface area contributed by atoms with Gasteiger partial charge in [-0.25, -0.2) is 4.79 Å². The van der Waals surface area contributed by atoms with Crippen LogP contribution < -0.4 is 5.32 Å². The lowest BCUT2D eigenvalue weighted by atomic mass is 10.0. The third-order valence-corrected chi connectivity index (χ3v) is 5.19. The van der Waals surface area contributed by atoms with Crippen molar-refractivity contribution in [2.45, 2.75) is 50.6 Å². The second-order valence-corrected chi connectivity index (χ2v) is 6.97. The second kappa shape index (κ2) is 7.68. The highest BCUT2D eigenvalue weighted by atomic mass is 16.4. The summed E-state index contributed by atoms with van der Waals surface area (Å²) in [5, 5.41) is 12.0. The minimum atomic E-state index is -1.06. The molecule has 2 amide bonds. The number of nitrogens with zero attached hydrogens (tertiary/aromatic N) is 1. The van der Waals surface area contributed by atoms with Crippen LogP contribution in [0.4, 0.5) is 0 Å². The number of carbonyl (C=O) groups excluding carboxylic acids is 2. The van der Waals surface area contributed by atoms with Crippen molar-refractivity contribution in [1.29, 1.82) is 0 Å². The normalized spacial score (nSPS) is 22.2. The van der Waals surface area contributed by atoms with Crippen LogP contribution in [-0.4, -0.2) is 46.4 Å². The van der Waals surface area contributed by atoms with Gasteiger partial charge in [0.15, 0.2) is 0 Å². The van der Waals surface area contributed by atoms with E-state index in [1.807, 2.05) is 35.2 Å². The van der Waals surface area contributed by atoms with Crippen LogP contribution in [0, 0.1) is 5.92 Å². The Kier molecular flexibility index (Phi) is 5.36. The van der Waals surface area contributed by atoms with Crippen LogP contribution in [0.2, 0.25) is 0 Å². The number of nitrogens with one attached hydrogen (secondary N) is 1. The largest absolute Gasteiger partial charge is 0.480 e. The van der Waals surface area contributed by atoms with Gasteiger partial charge in [0.1, 0.15) is 6.04 Å². The molecule has 1 saturated heterocycles. The number of hydrogen-bond donors (Lipinski definition) is 2. The summed E-state index contributed by atoms with van der Waals surface area (Å²) in [5.41, 5.74) is 0.852. The lowest BCUT2D eigenvalue weighted by Crippen LogP contribution is -2.45. The van der Waals surface area contributed by atoms with E-state index >= 15 is 0 Å². The van der Waals surface area contributed by atoms with Crippen molar-refractivity contribution in [3.63, 3.8) is 0 Å². The van der Waals surface area contributed by atoms with E-state index in [0.29, 0.717) is 6.54 Å². The standard InChI is InChI=1S/C19H24N2O4/c22-17-11-14(12-21(17)15-8-4-5-9-15)18(23)20-16(19(24)25)10-13-6-2-1-3-7-13/h1-3,6-7,14-16H,4-5,8-12H2,(H,20,23)(H,24,25)/t14-,16+/m0/s1. The molecular formula is C19H24N2O4. The SMILES string of the molecule is O=C(N[C@H](Cc1ccccc1)C(=O)O)[C@H]1CC(=O)N(C2CCCC2)C1. The number of carboxylic acid groups (broad SMARTS) is 1. The molecule has 1 aliphatic carbocycles. The Hall–Kier alpha value is -2.37. The molecule has 0 spiro atoms. The summed E-state index contributed by atoms with van der Waals surface area (Å²) in [6, 6.07) is 8.48. The van der Waals surface area contributed by atoms with Gasteiger partial charge < -0.3 is 15.3 Å². The van der Waals surface area contributed by atoms with Crippen LogP contribution in [0.25, 0.3) is 0 Å². The van der Waals surface area contributed by atoms with Crippen molar-refractivity contribution in [3.05, 3.63) is 35.9 Å². The molecule has 3 rings (SSSR count). The number of carbonyl (C=O) groups is 3. The summed E-state index contributed by atoms with van der Waals surface area (Å²) in [6.07, 6.45) is 4.68. The predicted octanol–water partition coefficient (Wildman–Crippen LogP) is 1.59. The first-order chi connectivity index (χ1) is 12.0. The van der Waals surface area contributed by atoms with Gasteiger partial charge in [0.2, 0.25) is 11.8 Å². The van der Waals surface area contributed by atoms with E-state index in [-0.39, 0.29) is 30.7 Å². The van der Waals surface area contributed by atoms with Crippen LogP contribution in [0.5, 0.6) is 0 Å². The summed E-state index contributed by atoms with van der Waals surface area (Å²) in [6.45, 7) is 0.410. The zero-order valence-corrected chi connectivity index (χ0v) is 14.2. The van der Waals surface area contributed by atoms with Crippen molar-refractivity contribution in [1.82, 2.24) is 10.2 Å². The molecule has 2 fully saturated rings. The third kappa shape index (κ3) is 4.18. The summed E-state index contributed by atoms with van der Waals surface area (Å²) < 4.78 is 0. The molecule has 1 heterocycles. The van der Waals surface area contributed by atoms with E-state index < -0.39 is 17.9 Å². The Bertz CT molecular complexity index is 640. The van der Waals surface area contributed by atoms with Crippen LogP contribution in [-0.2, 0) is 20.8 Å². The van der Waals surface area contributed by atoms with Gasteiger partial charge in [-0.3, -0.25) is 9.59 Å². The smallest absolute Gasteiger partial charge is 0.326 e. The van der Waals surface area contributed by atoms with E-state index in [9.17, 15) is 19.5 Å². The van der Waals surface area contributed by atoms with E-state index in [1.54, 1.807) is 0 Å². The average Bonchev–Trinajstić information content (AvgIpc) is 3.24. The molecule has 0 unspecified atom stereocenters. The predicted molar refractivity (Wildman–Crippen MR) is 91.8 cm³/mol. The monoisotopic (exact) mass is 344 g/mol. The summed E-state index contributed by atoms with van der Waals surface area (Å²) in [7, 11) is 0. The highest BCUT2D eigenvalue weighted by Gasteiger charge is 2.39. The Morgan fingerprint density at radius 2 is 1.88 bits per heavy atom. The van der Waals surface area contributed by atoms with Crippen LogP contribution in [0.3, 0.4) is 0 Å². The molecule has 1 aliphatic heterocycles. The Morgan fingerprint density at radius 1 is 1.20 bits per heavy atom. The van der Waals surface area contributed by atoms with Crippen LogP contribution in [0.1, 0.15) is 37.7 Å². The van der Waals surface area contributed by atoms with Gasteiger partial charge in [0.05, 0.1) is 5.92 Å². The lowest BCUT2D eigenvalue weighted by Gasteiger charge is -2.24. The molecule has 0 radical (unpaired) electrons. The molecule has 25 heavy (non-hydrogen) atoms. The van der Waals surface area contributed by atoms with Gasteiger partial charge >= 0.3 is 5.97 Å². The van der Waals surface area contributed by atoms with E-state index in [1.165, 1.54) is 0 Å². The van der Waals surface area contributed by atoms with E-state index in [0.717, 1.165) is 31.2 Å². The Balaban J connectivity index is 1.60. The maximum Gasteiger partial charge on any atom is 0.326 e. The number of benzene rings is 1. The number of rotatable bonds is 6. The highest BCUT2D eigenvalue weighted by molar-refractivity contribution is 5.91. The van der Waals surface area contributed by atoms with Crippen molar-refractivity contribution < 1.29 is 19.5 Å². The molecule has 2 aliphatic rings. The number of aliphatic carboxylic acids is 1. The van der Waals surface area contributed by atoms with Gasteiger partial charge in [-0.15, -0.1) is 0 Å². The molecular weight excluding hydrogens is 320 g/mol.